The minimum absolute atomic E-state index is 0.127. The Morgan fingerprint density at radius 3 is 2.63 bits per heavy atom. The van der Waals surface area contributed by atoms with Crippen LogP contribution in [0.25, 0.3) is 0 Å². The van der Waals surface area contributed by atoms with Gasteiger partial charge in [0, 0.05) is 23.0 Å². The Hall–Kier alpha value is -0.0200. The van der Waals surface area contributed by atoms with Crippen LogP contribution in [-0.2, 0) is 4.79 Å². The fourth-order valence-corrected chi connectivity index (χ4v) is 4.72. The largest absolute Gasteiger partial charge is 0.396 e. The van der Waals surface area contributed by atoms with Crippen molar-refractivity contribution in [3.8, 4) is 0 Å². The van der Waals surface area contributed by atoms with Crippen molar-refractivity contribution in [1.29, 1.82) is 0 Å². The first-order chi connectivity index (χ1) is 9.21. The third-order valence-corrected chi connectivity index (χ3v) is 6.43. The lowest BCUT2D eigenvalue weighted by molar-refractivity contribution is -0.115. The maximum Gasteiger partial charge on any atom is 0.126 e. The van der Waals surface area contributed by atoms with Gasteiger partial charge in [-0.05, 0) is 31.6 Å². The van der Waals surface area contributed by atoms with Crippen LogP contribution in [0.2, 0.25) is 0 Å². The second-order valence-corrected chi connectivity index (χ2v) is 7.24. The topological polar surface area (TPSA) is 37.3 Å². The number of carbonyl (C=O) groups excluding carboxylic acids is 1. The third-order valence-electron chi connectivity index (χ3n) is 4.64. The molecular formula is C16H30O2S. The van der Waals surface area contributed by atoms with Crippen molar-refractivity contribution >= 4 is 18.0 Å². The lowest BCUT2D eigenvalue weighted by Gasteiger charge is -2.33. The molecule has 2 nitrogen and oxygen atoms in total. The van der Waals surface area contributed by atoms with E-state index < -0.39 is 0 Å². The number of rotatable bonds is 9. The number of unbranched alkanes of at least 4 members (excludes halogenated alkanes) is 1. The molecule has 0 heterocycles. The fraction of sp³-hybridized carbons (Fsp3) is 0.938. The van der Waals surface area contributed by atoms with Gasteiger partial charge in [-0.1, -0.05) is 39.5 Å². The molecule has 1 N–H and O–H groups in total. The highest BCUT2D eigenvalue weighted by molar-refractivity contribution is 8.00. The predicted octanol–water partition coefficient (Wildman–Crippen LogP) is 4.06. The summed E-state index contributed by atoms with van der Waals surface area (Å²) in [4.78, 5) is 11.5. The molecule has 1 saturated carbocycles. The van der Waals surface area contributed by atoms with E-state index >= 15 is 0 Å². The van der Waals surface area contributed by atoms with Crippen molar-refractivity contribution < 1.29 is 9.90 Å². The summed E-state index contributed by atoms with van der Waals surface area (Å²) in [7, 11) is 0. The van der Waals surface area contributed by atoms with Crippen LogP contribution in [0.3, 0.4) is 0 Å². The SMILES string of the molecule is CCCCC(C=O)(CC)CSC1CCCCC1CO. The normalized spacial score (nSPS) is 26.9. The zero-order valence-electron chi connectivity index (χ0n) is 12.6. The smallest absolute Gasteiger partial charge is 0.126 e. The van der Waals surface area contributed by atoms with Gasteiger partial charge in [0.1, 0.15) is 6.29 Å². The molecule has 112 valence electrons. The van der Waals surface area contributed by atoms with Gasteiger partial charge in [-0.2, -0.15) is 11.8 Å². The highest BCUT2D eigenvalue weighted by atomic mass is 32.2. The fourth-order valence-electron chi connectivity index (χ4n) is 2.93. The summed E-state index contributed by atoms with van der Waals surface area (Å²) in [5.74, 6) is 1.39. The van der Waals surface area contributed by atoms with E-state index in [2.05, 4.69) is 13.8 Å². The monoisotopic (exact) mass is 286 g/mol. The van der Waals surface area contributed by atoms with Gasteiger partial charge >= 0.3 is 0 Å². The summed E-state index contributed by atoms with van der Waals surface area (Å²) in [6, 6.07) is 0. The van der Waals surface area contributed by atoms with Crippen LogP contribution in [0.15, 0.2) is 0 Å². The number of aliphatic hydroxyl groups is 1. The first-order valence-corrected chi connectivity index (χ1v) is 8.95. The lowest BCUT2D eigenvalue weighted by atomic mass is 9.84. The van der Waals surface area contributed by atoms with Crippen molar-refractivity contribution in [2.24, 2.45) is 11.3 Å². The summed E-state index contributed by atoms with van der Waals surface area (Å²) in [6.45, 7) is 4.63. The van der Waals surface area contributed by atoms with Gasteiger partial charge in [0.15, 0.2) is 0 Å². The summed E-state index contributed by atoms with van der Waals surface area (Å²) >= 11 is 1.95. The summed E-state index contributed by atoms with van der Waals surface area (Å²) in [6.07, 6.45) is 10.4. The average molecular weight is 286 g/mol. The maximum atomic E-state index is 11.5. The first-order valence-electron chi connectivity index (χ1n) is 7.90. The van der Waals surface area contributed by atoms with Crippen LogP contribution < -0.4 is 0 Å². The molecule has 0 aromatic carbocycles. The van der Waals surface area contributed by atoms with Gasteiger partial charge in [0.25, 0.3) is 0 Å². The molecule has 0 aromatic rings. The molecule has 0 radical (unpaired) electrons. The molecule has 1 aliphatic carbocycles. The molecule has 1 fully saturated rings. The van der Waals surface area contributed by atoms with E-state index in [0.717, 1.165) is 37.9 Å². The van der Waals surface area contributed by atoms with Crippen LogP contribution in [-0.4, -0.2) is 29.0 Å². The molecule has 0 aliphatic heterocycles. The van der Waals surface area contributed by atoms with E-state index in [-0.39, 0.29) is 5.41 Å². The Morgan fingerprint density at radius 2 is 2.05 bits per heavy atom. The van der Waals surface area contributed by atoms with Gasteiger partial charge < -0.3 is 9.90 Å². The molecule has 0 amide bonds. The number of hydrogen-bond acceptors (Lipinski definition) is 3. The zero-order valence-corrected chi connectivity index (χ0v) is 13.4. The van der Waals surface area contributed by atoms with Gasteiger partial charge in [0.2, 0.25) is 0 Å². The molecule has 0 saturated heterocycles. The van der Waals surface area contributed by atoms with Gasteiger partial charge in [-0.15, -0.1) is 0 Å². The third kappa shape index (κ3) is 5.11. The maximum absolute atomic E-state index is 11.5. The molecule has 19 heavy (non-hydrogen) atoms. The number of aldehydes is 1. The molecule has 3 heteroatoms. The van der Waals surface area contributed by atoms with E-state index in [4.69, 9.17) is 0 Å². The number of aliphatic hydroxyl groups excluding tert-OH is 1. The molecule has 0 spiro atoms. The van der Waals surface area contributed by atoms with Crippen molar-refractivity contribution in [3.63, 3.8) is 0 Å². The standard InChI is InChI=1S/C16H30O2S/c1-3-5-10-16(4-2,12-18)13-19-15-9-7-6-8-14(15)11-17/h12,14-15,17H,3-11,13H2,1-2H3. The van der Waals surface area contributed by atoms with Crippen LogP contribution in [0.1, 0.15) is 65.2 Å². The molecule has 0 aromatic heterocycles. The van der Waals surface area contributed by atoms with Crippen LogP contribution in [0.4, 0.5) is 0 Å². The highest BCUT2D eigenvalue weighted by Gasteiger charge is 2.31. The lowest BCUT2D eigenvalue weighted by Crippen LogP contribution is -2.30. The number of hydrogen-bond donors (Lipinski definition) is 1. The van der Waals surface area contributed by atoms with E-state index in [1.807, 2.05) is 11.8 Å². The molecule has 0 bridgehead atoms. The van der Waals surface area contributed by atoms with Crippen LogP contribution >= 0.6 is 11.8 Å². The van der Waals surface area contributed by atoms with E-state index in [0.29, 0.717) is 17.8 Å². The second kappa shape index (κ2) is 9.02. The molecule has 3 unspecified atom stereocenters. The van der Waals surface area contributed by atoms with E-state index in [9.17, 15) is 9.90 Å². The van der Waals surface area contributed by atoms with Crippen LogP contribution in [0.5, 0.6) is 0 Å². The Labute approximate surface area is 122 Å². The van der Waals surface area contributed by atoms with Crippen LogP contribution in [0, 0.1) is 11.3 Å². The number of thioether (sulfide) groups is 1. The minimum atomic E-state index is -0.127. The summed E-state index contributed by atoms with van der Waals surface area (Å²) in [5, 5.41) is 10.0. The first kappa shape index (κ1) is 17.0. The van der Waals surface area contributed by atoms with Crippen molar-refractivity contribution in [2.75, 3.05) is 12.4 Å². The molecular weight excluding hydrogens is 256 g/mol. The van der Waals surface area contributed by atoms with Crippen molar-refractivity contribution in [3.05, 3.63) is 0 Å². The van der Waals surface area contributed by atoms with Gasteiger partial charge in [-0.3, -0.25) is 0 Å². The van der Waals surface area contributed by atoms with Crippen molar-refractivity contribution in [1.82, 2.24) is 0 Å². The van der Waals surface area contributed by atoms with Gasteiger partial charge in [-0.25, -0.2) is 0 Å². The minimum Gasteiger partial charge on any atom is -0.396 e. The van der Waals surface area contributed by atoms with Crippen molar-refractivity contribution in [2.45, 2.75) is 70.5 Å². The Balaban J connectivity index is 2.51. The summed E-state index contributed by atoms with van der Waals surface area (Å²) < 4.78 is 0. The quantitative estimate of drug-likeness (QED) is 0.650. The molecule has 1 aliphatic rings. The average Bonchev–Trinajstić information content (AvgIpc) is 2.48. The highest BCUT2D eigenvalue weighted by Crippen LogP contribution is 2.38. The molecule has 3 atom stereocenters. The Kier molecular flexibility index (Phi) is 8.08. The molecule has 1 rings (SSSR count). The summed E-state index contributed by atoms with van der Waals surface area (Å²) in [5.41, 5.74) is -0.127. The zero-order chi connectivity index (χ0) is 14.1. The second-order valence-electron chi connectivity index (χ2n) is 6.01. The Bertz CT molecular complexity index is 257. The Morgan fingerprint density at radius 1 is 1.32 bits per heavy atom. The number of carbonyl (C=O) groups is 1. The predicted molar refractivity (Wildman–Crippen MR) is 83.6 cm³/mol. The van der Waals surface area contributed by atoms with E-state index in [1.54, 1.807) is 0 Å². The van der Waals surface area contributed by atoms with Gasteiger partial charge in [0.05, 0.1) is 0 Å². The van der Waals surface area contributed by atoms with E-state index in [1.165, 1.54) is 25.5 Å².